The lowest BCUT2D eigenvalue weighted by Crippen LogP contribution is -2.29. The monoisotopic (exact) mass is 548 g/mol. The molecule has 202 valence electrons. The highest BCUT2D eigenvalue weighted by Crippen LogP contribution is 2.61. The first kappa shape index (κ1) is 24.0. The molecule has 2 aromatic heterocycles. The molecule has 2 heterocycles. The molecule has 0 radical (unpaired) electrons. The van der Waals surface area contributed by atoms with E-state index in [0.29, 0.717) is 0 Å². The first-order valence-electron chi connectivity index (χ1n) is 14.9. The number of hydrogen-bond acceptors (Lipinski definition) is 0. The molecule has 9 rings (SSSR count). The lowest BCUT2D eigenvalue weighted by Gasteiger charge is -2.35. The Kier molecular flexibility index (Phi) is 5.15. The molecule has 0 unspecified atom stereocenters. The van der Waals surface area contributed by atoms with Gasteiger partial charge in [-0.25, -0.2) is 0 Å². The van der Waals surface area contributed by atoms with Crippen LogP contribution in [-0.2, 0) is 5.41 Å². The van der Waals surface area contributed by atoms with Crippen LogP contribution in [0.4, 0.5) is 0 Å². The van der Waals surface area contributed by atoms with Gasteiger partial charge >= 0.3 is 0 Å². The molecule has 43 heavy (non-hydrogen) atoms. The van der Waals surface area contributed by atoms with Gasteiger partial charge in [0.15, 0.2) is 0 Å². The Morgan fingerprint density at radius 3 is 1.19 bits per heavy atom. The Balaban J connectivity index is 1.57. The summed E-state index contributed by atoms with van der Waals surface area (Å²) in [5.41, 5.74) is 14.1. The first-order valence-corrected chi connectivity index (χ1v) is 14.9. The van der Waals surface area contributed by atoms with Crippen molar-refractivity contribution in [1.29, 1.82) is 0 Å². The lowest BCUT2D eigenvalue weighted by molar-refractivity contribution is 0.788. The standard InChI is InChI=1S/C41H28N2/c1-3-15-27(16-4-1)39-37(31-21-9-13-25-35(31)42-39)41(33-23-11-7-19-29(33)30-20-8-12-24-34(30)41)38-32-22-10-14-26-36(32)43-40(38)28-17-5-2-6-18-28/h1-26,42-43H. The number of nitrogens with one attached hydrogen (secondary N) is 2. The van der Waals surface area contributed by atoms with Gasteiger partial charge in [-0.05, 0) is 45.5 Å². The van der Waals surface area contributed by atoms with E-state index in [-0.39, 0.29) is 0 Å². The van der Waals surface area contributed by atoms with E-state index in [1.807, 2.05) is 0 Å². The van der Waals surface area contributed by atoms with E-state index in [4.69, 9.17) is 0 Å². The highest BCUT2D eigenvalue weighted by Gasteiger charge is 2.51. The van der Waals surface area contributed by atoms with E-state index in [1.54, 1.807) is 0 Å². The van der Waals surface area contributed by atoms with Gasteiger partial charge in [0, 0.05) is 32.9 Å². The van der Waals surface area contributed by atoms with Crippen molar-refractivity contribution in [2.45, 2.75) is 5.41 Å². The number of rotatable bonds is 4. The van der Waals surface area contributed by atoms with Crippen molar-refractivity contribution in [2.24, 2.45) is 0 Å². The molecule has 0 fully saturated rings. The molecule has 0 amide bonds. The average molecular weight is 549 g/mol. The van der Waals surface area contributed by atoms with Crippen LogP contribution in [0, 0.1) is 0 Å². The molecule has 0 bridgehead atoms. The van der Waals surface area contributed by atoms with Crippen molar-refractivity contribution < 1.29 is 0 Å². The Hall–Kier alpha value is -5.60. The molecule has 2 heteroatoms. The van der Waals surface area contributed by atoms with Crippen LogP contribution in [-0.4, -0.2) is 9.97 Å². The third kappa shape index (κ3) is 3.29. The summed E-state index contributed by atoms with van der Waals surface area (Å²) >= 11 is 0. The van der Waals surface area contributed by atoms with Gasteiger partial charge in [0.25, 0.3) is 0 Å². The average Bonchev–Trinajstić information content (AvgIpc) is 3.75. The molecule has 2 nitrogen and oxygen atoms in total. The minimum atomic E-state index is -0.608. The number of hydrogen-bond donors (Lipinski definition) is 2. The van der Waals surface area contributed by atoms with Gasteiger partial charge in [0.05, 0.1) is 16.8 Å². The van der Waals surface area contributed by atoms with Gasteiger partial charge in [-0.2, -0.15) is 0 Å². The number of aromatic amines is 2. The van der Waals surface area contributed by atoms with Gasteiger partial charge in [-0.3, -0.25) is 0 Å². The molecule has 1 aliphatic rings. The van der Waals surface area contributed by atoms with Crippen molar-refractivity contribution in [3.63, 3.8) is 0 Å². The van der Waals surface area contributed by atoms with Crippen LogP contribution >= 0.6 is 0 Å². The van der Waals surface area contributed by atoms with Crippen molar-refractivity contribution in [3.05, 3.63) is 180 Å². The molecular formula is C41H28N2. The second-order valence-corrected chi connectivity index (χ2v) is 11.4. The number of fused-ring (bicyclic) bond motifs is 5. The fourth-order valence-corrected chi connectivity index (χ4v) is 7.60. The van der Waals surface area contributed by atoms with Gasteiger partial charge < -0.3 is 9.97 Å². The van der Waals surface area contributed by atoms with Crippen LogP contribution in [0.3, 0.4) is 0 Å². The predicted octanol–water partition coefficient (Wildman–Crippen LogP) is 10.3. The fraction of sp³-hybridized carbons (Fsp3) is 0.0244. The van der Waals surface area contributed by atoms with Crippen LogP contribution in [0.2, 0.25) is 0 Å². The third-order valence-corrected chi connectivity index (χ3v) is 9.24. The molecule has 8 aromatic rings. The maximum atomic E-state index is 3.90. The maximum absolute atomic E-state index is 3.90. The first-order chi connectivity index (χ1) is 21.4. The zero-order chi connectivity index (χ0) is 28.4. The minimum Gasteiger partial charge on any atom is -0.354 e. The lowest BCUT2D eigenvalue weighted by atomic mass is 9.65. The van der Waals surface area contributed by atoms with Crippen molar-refractivity contribution >= 4 is 21.8 Å². The SMILES string of the molecule is c1ccc(-c2[nH]c3ccccc3c2C2(c3c(-c4ccccc4)[nH]c4ccccc34)c3ccccc3-c3ccccc32)cc1. The Bertz CT molecular complexity index is 2120. The molecule has 0 aliphatic heterocycles. The zero-order valence-corrected chi connectivity index (χ0v) is 23.5. The van der Waals surface area contributed by atoms with E-state index in [2.05, 4.69) is 168 Å². The van der Waals surface area contributed by atoms with Gasteiger partial charge in [0.1, 0.15) is 0 Å². The molecular weight excluding hydrogens is 520 g/mol. The number of H-pyrrole nitrogens is 2. The van der Waals surface area contributed by atoms with Crippen LogP contribution in [0.5, 0.6) is 0 Å². The van der Waals surface area contributed by atoms with Gasteiger partial charge in [-0.15, -0.1) is 0 Å². The summed E-state index contributed by atoms with van der Waals surface area (Å²) in [5.74, 6) is 0. The zero-order valence-electron chi connectivity index (χ0n) is 23.5. The minimum absolute atomic E-state index is 0.608. The van der Waals surface area contributed by atoms with Crippen LogP contribution in [0.1, 0.15) is 22.3 Å². The Morgan fingerprint density at radius 1 is 0.349 bits per heavy atom. The van der Waals surface area contributed by atoms with E-state index >= 15 is 0 Å². The van der Waals surface area contributed by atoms with Crippen LogP contribution < -0.4 is 0 Å². The van der Waals surface area contributed by atoms with Crippen LogP contribution in [0.25, 0.3) is 55.4 Å². The molecule has 2 N–H and O–H groups in total. The summed E-state index contributed by atoms with van der Waals surface area (Å²) in [6.07, 6.45) is 0. The Morgan fingerprint density at radius 2 is 0.721 bits per heavy atom. The summed E-state index contributed by atoms with van der Waals surface area (Å²) < 4.78 is 0. The van der Waals surface area contributed by atoms with Crippen molar-refractivity contribution in [2.75, 3.05) is 0 Å². The molecule has 1 aliphatic carbocycles. The van der Waals surface area contributed by atoms with E-state index < -0.39 is 5.41 Å². The third-order valence-electron chi connectivity index (χ3n) is 9.24. The Labute approximate surface area is 250 Å². The molecule has 6 aromatic carbocycles. The van der Waals surface area contributed by atoms with Gasteiger partial charge in [-0.1, -0.05) is 146 Å². The summed E-state index contributed by atoms with van der Waals surface area (Å²) in [4.78, 5) is 7.81. The smallest absolute Gasteiger partial charge is 0.0767 e. The number of aromatic nitrogens is 2. The summed E-state index contributed by atoms with van der Waals surface area (Å²) in [5, 5.41) is 2.47. The van der Waals surface area contributed by atoms with E-state index in [0.717, 1.165) is 22.4 Å². The maximum Gasteiger partial charge on any atom is 0.0767 e. The molecule has 0 saturated heterocycles. The van der Waals surface area contributed by atoms with Crippen molar-refractivity contribution in [3.8, 4) is 33.6 Å². The largest absolute Gasteiger partial charge is 0.354 e. The van der Waals surface area contributed by atoms with E-state index in [9.17, 15) is 0 Å². The van der Waals surface area contributed by atoms with Gasteiger partial charge in [0.2, 0.25) is 0 Å². The molecule has 0 spiro atoms. The number of benzene rings is 6. The quantitative estimate of drug-likeness (QED) is 0.219. The number of para-hydroxylation sites is 2. The fourth-order valence-electron chi connectivity index (χ4n) is 7.60. The van der Waals surface area contributed by atoms with Crippen LogP contribution in [0.15, 0.2) is 158 Å². The summed E-state index contributed by atoms with van der Waals surface area (Å²) in [6, 6.07) is 57.2. The van der Waals surface area contributed by atoms with E-state index in [1.165, 1.54) is 55.3 Å². The summed E-state index contributed by atoms with van der Waals surface area (Å²) in [6.45, 7) is 0. The second-order valence-electron chi connectivity index (χ2n) is 11.4. The second kappa shape index (κ2) is 9.20. The molecule has 0 saturated carbocycles. The highest BCUT2D eigenvalue weighted by molar-refractivity contribution is 6.04. The highest BCUT2D eigenvalue weighted by atomic mass is 14.8. The molecule has 0 atom stereocenters. The summed E-state index contributed by atoms with van der Waals surface area (Å²) in [7, 11) is 0. The normalized spacial score (nSPS) is 13.3. The predicted molar refractivity (Wildman–Crippen MR) is 178 cm³/mol. The van der Waals surface area contributed by atoms with Crippen molar-refractivity contribution in [1.82, 2.24) is 9.97 Å². The topological polar surface area (TPSA) is 31.6 Å².